The molecule has 0 radical (unpaired) electrons. The second-order valence-electron chi connectivity index (χ2n) is 7.19. The van der Waals surface area contributed by atoms with Gasteiger partial charge in [0.25, 0.3) is 5.91 Å². The number of aromatic nitrogens is 2. The normalized spacial score (nSPS) is 11.8. The summed E-state index contributed by atoms with van der Waals surface area (Å²) < 4.78 is 5.26. The van der Waals surface area contributed by atoms with Crippen LogP contribution in [0.5, 0.6) is 5.75 Å². The topological polar surface area (TPSA) is 64.1 Å². The Morgan fingerprint density at radius 3 is 2.13 bits per heavy atom. The van der Waals surface area contributed by atoms with Crippen LogP contribution in [-0.4, -0.2) is 23.0 Å². The van der Waals surface area contributed by atoms with Crippen molar-refractivity contribution in [1.82, 2.24) is 15.3 Å². The Morgan fingerprint density at radius 1 is 0.833 bits per heavy atom. The number of methoxy groups -OCH3 is 1. The number of hydrogen-bond donors (Lipinski definition) is 1. The van der Waals surface area contributed by atoms with Gasteiger partial charge in [0.15, 0.2) is 0 Å². The van der Waals surface area contributed by atoms with E-state index >= 15 is 0 Å². The van der Waals surface area contributed by atoms with E-state index in [0.717, 1.165) is 33.8 Å². The molecule has 0 unspecified atom stereocenters. The van der Waals surface area contributed by atoms with Crippen LogP contribution < -0.4 is 10.1 Å². The maximum absolute atomic E-state index is 13.1. The molecule has 4 rings (SSSR count). The van der Waals surface area contributed by atoms with Crippen LogP contribution in [0.2, 0.25) is 0 Å². The minimum absolute atomic E-state index is 0.165. The molecule has 5 heteroatoms. The number of amides is 1. The van der Waals surface area contributed by atoms with Crippen LogP contribution in [0.4, 0.5) is 0 Å². The zero-order valence-corrected chi connectivity index (χ0v) is 17.2. The molecule has 3 aromatic carbocycles. The highest BCUT2D eigenvalue weighted by Gasteiger charge is 2.18. The monoisotopic (exact) mass is 397 g/mol. The Bertz CT molecular complexity index is 1190. The molecule has 1 N–H and O–H groups in total. The van der Waals surface area contributed by atoms with Gasteiger partial charge in [0, 0.05) is 5.56 Å². The number of fused-ring (bicyclic) bond motifs is 1. The zero-order valence-electron chi connectivity index (χ0n) is 17.2. The zero-order chi connectivity index (χ0) is 21.1. The summed E-state index contributed by atoms with van der Waals surface area (Å²) in [6, 6.07) is 22.8. The molecule has 0 aliphatic heterocycles. The Hall–Kier alpha value is -3.73. The van der Waals surface area contributed by atoms with E-state index < -0.39 is 0 Å². The molecule has 0 spiro atoms. The molecule has 1 amide bonds. The van der Waals surface area contributed by atoms with Crippen LogP contribution in [0.1, 0.15) is 38.9 Å². The van der Waals surface area contributed by atoms with Crippen LogP contribution in [0, 0.1) is 13.8 Å². The van der Waals surface area contributed by atoms with E-state index in [9.17, 15) is 4.79 Å². The van der Waals surface area contributed by atoms with Crippen molar-refractivity contribution in [3.8, 4) is 5.75 Å². The molecule has 0 bridgehead atoms. The first kappa shape index (κ1) is 19.6. The van der Waals surface area contributed by atoms with E-state index in [0.29, 0.717) is 11.1 Å². The smallest absolute Gasteiger partial charge is 0.252 e. The average Bonchev–Trinajstić information content (AvgIpc) is 2.78. The lowest BCUT2D eigenvalue weighted by molar-refractivity contribution is 0.0943. The number of aryl methyl sites for hydroxylation is 2. The lowest BCUT2D eigenvalue weighted by Gasteiger charge is -2.20. The Balaban J connectivity index is 1.67. The summed E-state index contributed by atoms with van der Waals surface area (Å²) >= 11 is 0. The highest BCUT2D eigenvalue weighted by molar-refractivity contribution is 5.97. The van der Waals surface area contributed by atoms with Crippen LogP contribution in [0.25, 0.3) is 11.0 Å². The van der Waals surface area contributed by atoms with Crippen molar-refractivity contribution in [1.29, 1.82) is 0 Å². The van der Waals surface area contributed by atoms with Gasteiger partial charge in [0.1, 0.15) is 5.75 Å². The number of carbonyl (C=O) groups excluding carboxylic acids is 1. The number of ether oxygens (including phenoxy) is 1. The molecule has 1 aromatic heterocycles. The summed E-state index contributed by atoms with van der Waals surface area (Å²) in [5.41, 5.74) is 5.78. The van der Waals surface area contributed by atoms with E-state index in [2.05, 4.69) is 15.3 Å². The predicted molar refractivity (Wildman–Crippen MR) is 118 cm³/mol. The highest BCUT2D eigenvalue weighted by atomic mass is 16.5. The third-order valence-corrected chi connectivity index (χ3v) is 5.19. The molecular weight excluding hydrogens is 374 g/mol. The molecule has 150 valence electrons. The molecule has 4 aromatic rings. The summed E-state index contributed by atoms with van der Waals surface area (Å²) in [7, 11) is 1.64. The summed E-state index contributed by atoms with van der Waals surface area (Å²) in [6.45, 7) is 3.85. The fourth-order valence-electron chi connectivity index (χ4n) is 3.39. The van der Waals surface area contributed by atoms with Crippen molar-refractivity contribution in [3.63, 3.8) is 0 Å². The molecular formula is C25H23N3O2. The largest absolute Gasteiger partial charge is 0.497 e. The van der Waals surface area contributed by atoms with Gasteiger partial charge in [-0.05, 0) is 55.3 Å². The average molecular weight is 397 g/mol. The summed E-state index contributed by atoms with van der Waals surface area (Å²) in [5.74, 6) is 0.609. The van der Waals surface area contributed by atoms with Gasteiger partial charge >= 0.3 is 0 Å². The second-order valence-corrected chi connectivity index (χ2v) is 7.19. The fourth-order valence-corrected chi connectivity index (χ4v) is 3.39. The van der Waals surface area contributed by atoms with Gasteiger partial charge < -0.3 is 10.1 Å². The van der Waals surface area contributed by atoms with Gasteiger partial charge in [0.05, 0.1) is 35.6 Å². The Labute approximate surface area is 175 Å². The van der Waals surface area contributed by atoms with Crippen LogP contribution in [0.3, 0.4) is 0 Å². The fraction of sp³-hybridized carbons (Fsp3) is 0.160. The van der Waals surface area contributed by atoms with Crippen LogP contribution >= 0.6 is 0 Å². The molecule has 0 saturated carbocycles. The van der Waals surface area contributed by atoms with Gasteiger partial charge in [0.2, 0.25) is 0 Å². The van der Waals surface area contributed by atoms with Crippen LogP contribution in [0.15, 0.2) is 72.8 Å². The van der Waals surface area contributed by atoms with E-state index in [1.807, 2.05) is 74.5 Å². The van der Waals surface area contributed by atoms with Gasteiger partial charge in [-0.3, -0.25) is 4.79 Å². The molecule has 30 heavy (non-hydrogen) atoms. The lowest BCUT2D eigenvalue weighted by atomic mass is 9.98. The van der Waals surface area contributed by atoms with Crippen molar-refractivity contribution in [2.75, 3.05) is 7.11 Å². The van der Waals surface area contributed by atoms with Gasteiger partial charge in [-0.15, -0.1) is 0 Å². The maximum Gasteiger partial charge on any atom is 0.252 e. The quantitative estimate of drug-likeness (QED) is 0.527. The number of benzene rings is 3. The van der Waals surface area contributed by atoms with Crippen molar-refractivity contribution >= 4 is 16.9 Å². The Morgan fingerprint density at radius 2 is 1.47 bits per heavy atom. The maximum atomic E-state index is 13.1. The minimum Gasteiger partial charge on any atom is -0.497 e. The first-order valence-electron chi connectivity index (χ1n) is 9.80. The number of nitrogens with zero attached hydrogens (tertiary/aromatic N) is 2. The molecule has 5 nitrogen and oxygen atoms in total. The summed E-state index contributed by atoms with van der Waals surface area (Å²) in [5, 5.41) is 3.17. The van der Waals surface area contributed by atoms with Crippen molar-refractivity contribution in [3.05, 3.63) is 101 Å². The molecule has 1 atom stereocenters. The van der Waals surface area contributed by atoms with E-state index in [-0.39, 0.29) is 11.9 Å². The van der Waals surface area contributed by atoms with E-state index in [1.165, 1.54) is 0 Å². The standard InChI is InChI=1S/C25H23N3O2/c1-16-17(2)27-23-15-20(11-14-22(23)26-16)25(29)28-24(18-7-5-4-6-8-18)19-9-12-21(30-3)13-10-19/h4-15,24H,1-3H3,(H,28,29)/t24-/m1/s1. The third-order valence-electron chi connectivity index (χ3n) is 5.19. The van der Waals surface area contributed by atoms with E-state index in [1.54, 1.807) is 19.2 Å². The van der Waals surface area contributed by atoms with Gasteiger partial charge in [-0.2, -0.15) is 0 Å². The van der Waals surface area contributed by atoms with Crippen molar-refractivity contribution in [2.24, 2.45) is 0 Å². The number of carbonyl (C=O) groups is 1. The van der Waals surface area contributed by atoms with Crippen molar-refractivity contribution < 1.29 is 9.53 Å². The van der Waals surface area contributed by atoms with E-state index in [4.69, 9.17) is 4.74 Å². The number of hydrogen-bond acceptors (Lipinski definition) is 4. The highest BCUT2D eigenvalue weighted by Crippen LogP contribution is 2.25. The predicted octanol–water partition coefficient (Wildman–Crippen LogP) is 4.77. The molecule has 0 fully saturated rings. The molecule has 1 heterocycles. The Kier molecular flexibility index (Phi) is 5.44. The second kappa shape index (κ2) is 8.33. The lowest BCUT2D eigenvalue weighted by Crippen LogP contribution is -2.29. The third kappa shape index (κ3) is 4.01. The van der Waals surface area contributed by atoms with Crippen LogP contribution in [-0.2, 0) is 0 Å². The van der Waals surface area contributed by atoms with Gasteiger partial charge in [-0.1, -0.05) is 42.5 Å². The number of rotatable bonds is 5. The first-order valence-corrected chi connectivity index (χ1v) is 9.80. The molecule has 0 aliphatic rings. The minimum atomic E-state index is -0.286. The number of nitrogens with one attached hydrogen (secondary N) is 1. The summed E-state index contributed by atoms with van der Waals surface area (Å²) in [6.07, 6.45) is 0. The van der Waals surface area contributed by atoms with Gasteiger partial charge in [-0.25, -0.2) is 9.97 Å². The first-order chi connectivity index (χ1) is 14.5. The van der Waals surface area contributed by atoms with Crippen molar-refractivity contribution in [2.45, 2.75) is 19.9 Å². The molecule has 0 aliphatic carbocycles. The molecule has 0 saturated heterocycles. The SMILES string of the molecule is COc1ccc([C@H](NC(=O)c2ccc3nc(C)c(C)nc3c2)c2ccccc2)cc1. The summed E-state index contributed by atoms with van der Waals surface area (Å²) in [4.78, 5) is 22.3.